The molecule has 1 aliphatic rings. The Morgan fingerprint density at radius 3 is 2.71 bits per heavy atom. The van der Waals surface area contributed by atoms with E-state index in [1.165, 1.54) is 16.8 Å². The minimum Gasteiger partial charge on any atom is -0.348 e. The molecule has 0 amide bonds. The molecule has 3 aromatic heterocycles. The topological polar surface area (TPSA) is 62.6 Å². The third kappa shape index (κ3) is 3.34. The van der Waals surface area contributed by atoms with Crippen LogP contribution in [0.25, 0.3) is 0 Å². The van der Waals surface area contributed by atoms with Crippen LogP contribution < -0.4 is 0 Å². The van der Waals surface area contributed by atoms with Crippen molar-refractivity contribution in [2.75, 3.05) is 6.54 Å². The van der Waals surface area contributed by atoms with Crippen LogP contribution in [-0.4, -0.2) is 36.2 Å². The summed E-state index contributed by atoms with van der Waals surface area (Å²) in [6, 6.07) is 16.9. The molecule has 4 heterocycles. The fourth-order valence-electron chi connectivity index (χ4n) is 4.00. The lowest BCUT2D eigenvalue weighted by Gasteiger charge is -2.34. The molecule has 1 atom stereocenters. The molecule has 1 aliphatic heterocycles. The van der Waals surface area contributed by atoms with E-state index in [-0.39, 0.29) is 6.04 Å². The lowest BCUT2D eigenvalue weighted by molar-refractivity contribution is 0.197. The number of rotatable bonds is 5. The van der Waals surface area contributed by atoms with E-state index >= 15 is 0 Å². The van der Waals surface area contributed by atoms with Gasteiger partial charge in [0.15, 0.2) is 0 Å². The van der Waals surface area contributed by atoms with Crippen molar-refractivity contribution in [2.24, 2.45) is 0 Å². The summed E-state index contributed by atoms with van der Waals surface area (Å²) in [5.41, 5.74) is 5.91. The number of imidazole rings is 1. The summed E-state index contributed by atoms with van der Waals surface area (Å²) >= 11 is 0. The van der Waals surface area contributed by atoms with E-state index in [1.807, 2.05) is 41.5 Å². The lowest BCUT2D eigenvalue weighted by Crippen LogP contribution is -2.36. The molecular weight excluding hydrogens is 348 g/mol. The molecule has 0 aliphatic carbocycles. The summed E-state index contributed by atoms with van der Waals surface area (Å²) in [7, 11) is 0. The average Bonchev–Trinajstić information content (AvgIpc) is 3.40. The van der Waals surface area contributed by atoms with Crippen molar-refractivity contribution in [1.29, 1.82) is 0 Å². The molecule has 0 unspecified atom stereocenters. The van der Waals surface area contributed by atoms with Gasteiger partial charge in [0.1, 0.15) is 0 Å². The van der Waals surface area contributed by atoms with Crippen molar-refractivity contribution in [3.05, 3.63) is 102 Å². The first-order valence-electron chi connectivity index (χ1n) is 9.59. The second kappa shape index (κ2) is 7.40. The number of pyridine rings is 1. The third-order valence-electron chi connectivity index (χ3n) is 5.27. The van der Waals surface area contributed by atoms with Crippen LogP contribution in [0, 0.1) is 0 Å². The second-order valence-corrected chi connectivity index (χ2v) is 7.17. The van der Waals surface area contributed by atoms with Crippen LogP contribution in [0.1, 0.15) is 34.3 Å². The molecule has 0 saturated heterocycles. The number of aromatic nitrogens is 5. The van der Waals surface area contributed by atoms with Gasteiger partial charge in [-0.15, -0.1) is 0 Å². The number of nitrogens with one attached hydrogen (secondary N) is 1. The monoisotopic (exact) mass is 370 g/mol. The van der Waals surface area contributed by atoms with Gasteiger partial charge in [0.25, 0.3) is 0 Å². The molecule has 6 heteroatoms. The summed E-state index contributed by atoms with van der Waals surface area (Å²) in [5.74, 6) is 0. The molecule has 5 rings (SSSR count). The highest BCUT2D eigenvalue weighted by atomic mass is 15.3. The number of aromatic amines is 1. The van der Waals surface area contributed by atoms with Crippen LogP contribution >= 0.6 is 0 Å². The first kappa shape index (κ1) is 16.9. The number of hydrogen-bond acceptors (Lipinski definition) is 4. The number of benzene rings is 1. The number of H-pyrrole nitrogens is 1. The van der Waals surface area contributed by atoms with Gasteiger partial charge in [-0.05, 0) is 29.3 Å². The largest absolute Gasteiger partial charge is 0.348 e. The fourth-order valence-corrected chi connectivity index (χ4v) is 4.00. The van der Waals surface area contributed by atoms with E-state index in [2.05, 4.69) is 55.3 Å². The smallest absolute Gasteiger partial charge is 0.0971 e. The Labute approximate surface area is 163 Å². The molecular formula is C22H22N6. The number of nitrogens with zero attached hydrogens (tertiary/aromatic N) is 5. The van der Waals surface area contributed by atoms with E-state index in [4.69, 9.17) is 0 Å². The molecule has 0 bridgehead atoms. The van der Waals surface area contributed by atoms with Crippen molar-refractivity contribution in [1.82, 2.24) is 29.6 Å². The minimum absolute atomic E-state index is 0.0750. The van der Waals surface area contributed by atoms with Crippen LogP contribution in [0.4, 0.5) is 0 Å². The van der Waals surface area contributed by atoms with E-state index in [9.17, 15) is 0 Å². The van der Waals surface area contributed by atoms with Crippen LogP contribution in [0.2, 0.25) is 0 Å². The van der Waals surface area contributed by atoms with E-state index < -0.39 is 0 Å². The Bertz CT molecular complexity index is 1040. The van der Waals surface area contributed by atoms with Gasteiger partial charge in [-0.3, -0.25) is 14.6 Å². The van der Waals surface area contributed by atoms with Gasteiger partial charge in [0.05, 0.1) is 30.3 Å². The van der Waals surface area contributed by atoms with Gasteiger partial charge in [0, 0.05) is 43.8 Å². The molecule has 6 nitrogen and oxygen atoms in total. The average molecular weight is 370 g/mol. The summed E-state index contributed by atoms with van der Waals surface area (Å²) in [5, 5.41) is 4.31. The Kier molecular flexibility index (Phi) is 4.47. The summed E-state index contributed by atoms with van der Waals surface area (Å²) in [4.78, 5) is 15.0. The van der Waals surface area contributed by atoms with Crippen molar-refractivity contribution >= 4 is 0 Å². The van der Waals surface area contributed by atoms with Crippen LogP contribution in [0.15, 0.2) is 73.4 Å². The maximum Gasteiger partial charge on any atom is 0.0971 e. The van der Waals surface area contributed by atoms with Gasteiger partial charge in [-0.2, -0.15) is 5.10 Å². The molecule has 4 aromatic rings. The highest BCUT2D eigenvalue weighted by Gasteiger charge is 2.31. The Morgan fingerprint density at radius 1 is 0.964 bits per heavy atom. The molecule has 0 saturated carbocycles. The van der Waals surface area contributed by atoms with Gasteiger partial charge in [0.2, 0.25) is 0 Å². The van der Waals surface area contributed by atoms with Gasteiger partial charge < -0.3 is 4.98 Å². The number of hydrogen-bond donors (Lipinski definition) is 1. The van der Waals surface area contributed by atoms with E-state index in [0.29, 0.717) is 0 Å². The predicted octanol–water partition coefficient (Wildman–Crippen LogP) is 3.20. The Morgan fingerprint density at radius 2 is 1.89 bits per heavy atom. The SMILES string of the molecule is c1ccc([C@@H]2c3nc[nH]c3CCN2Cc2cccc(Cn3cccn3)c2)nc1. The first-order valence-corrected chi connectivity index (χ1v) is 9.59. The number of fused-ring (bicyclic) bond motifs is 1. The molecule has 1 aromatic carbocycles. The second-order valence-electron chi connectivity index (χ2n) is 7.17. The summed E-state index contributed by atoms with van der Waals surface area (Å²) < 4.78 is 1.95. The van der Waals surface area contributed by atoms with Gasteiger partial charge in [-0.1, -0.05) is 30.3 Å². The van der Waals surface area contributed by atoms with E-state index in [0.717, 1.165) is 37.4 Å². The van der Waals surface area contributed by atoms with Crippen molar-refractivity contribution in [3.63, 3.8) is 0 Å². The maximum absolute atomic E-state index is 4.63. The molecule has 0 spiro atoms. The van der Waals surface area contributed by atoms with Crippen LogP contribution in [0.5, 0.6) is 0 Å². The van der Waals surface area contributed by atoms with Crippen molar-refractivity contribution in [2.45, 2.75) is 25.6 Å². The zero-order chi connectivity index (χ0) is 18.8. The first-order chi connectivity index (χ1) is 13.9. The quantitative estimate of drug-likeness (QED) is 0.586. The third-order valence-corrected chi connectivity index (χ3v) is 5.27. The van der Waals surface area contributed by atoms with Gasteiger partial charge >= 0.3 is 0 Å². The zero-order valence-corrected chi connectivity index (χ0v) is 15.6. The fraction of sp³-hybridized carbons (Fsp3) is 0.227. The van der Waals surface area contributed by atoms with Crippen LogP contribution in [-0.2, 0) is 19.5 Å². The predicted molar refractivity (Wildman–Crippen MR) is 107 cm³/mol. The molecule has 1 N–H and O–H groups in total. The highest BCUT2D eigenvalue weighted by Crippen LogP contribution is 2.33. The summed E-state index contributed by atoms with van der Waals surface area (Å²) in [6.07, 6.45) is 8.45. The molecule has 28 heavy (non-hydrogen) atoms. The Balaban J connectivity index is 1.42. The van der Waals surface area contributed by atoms with Crippen molar-refractivity contribution < 1.29 is 0 Å². The summed E-state index contributed by atoms with van der Waals surface area (Å²) in [6.45, 7) is 2.62. The highest BCUT2D eigenvalue weighted by molar-refractivity contribution is 5.30. The van der Waals surface area contributed by atoms with E-state index in [1.54, 1.807) is 6.33 Å². The molecule has 0 radical (unpaired) electrons. The zero-order valence-electron chi connectivity index (χ0n) is 15.6. The minimum atomic E-state index is 0.0750. The molecule has 140 valence electrons. The van der Waals surface area contributed by atoms with Crippen molar-refractivity contribution in [3.8, 4) is 0 Å². The maximum atomic E-state index is 4.63. The standard InChI is InChI=1S/C22H22N6/c1-2-9-23-20(7-1)22-21-19(24-16-25-21)8-12-27(22)14-17-5-3-6-18(13-17)15-28-11-4-10-26-28/h1-7,9-11,13,16,22H,8,12,14-15H2,(H,24,25)/t22-/m1/s1. The lowest BCUT2D eigenvalue weighted by atomic mass is 9.98. The normalized spacial score (nSPS) is 16.8. The van der Waals surface area contributed by atoms with Crippen LogP contribution in [0.3, 0.4) is 0 Å². The molecule has 0 fully saturated rings. The Hall–Kier alpha value is -3.25. The van der Waals surface area contributed by atoms with Gasteiger partial charge in [-0.25, -0.2) is 4.98 Å².